The van der Waals surface area contributed by atoms with Gasteiger partial charge < -0.3 is 19.7 Å². The van der Waals surface area contributed by atoms with Crippen LogP contribution in [0.25, 0.3) is 0 Å². The third-order valence-corrected chi connectivity index (χ3v) is 4.69. The lowest BCUT2D eigenvalue weighted by molar-refractivity contribution is 0.102. The quantitative estimate of drug-likeness (QED) is 0.875. The molecule has 6 heteroatoms. The Hall–Kier alpha value is -2.40. The predicted octanol–water partition coefficient (Wildman–Crippen LogP) is 3.99. The Bertz CT molecular complexity index is 807. The number of nitrogens with one attached hydrogen (secondary N) is 1. The number of fused-ring (bicyclic) bond motifs is 1. The summed E-state index contributed by atoms with van der Waals surface area (Å²) >= 11 is 6.18. The average molecular weight is 361 g/mol. The van der Waals surface area contributed by atoms with Gasteiger partial charge in [-0.05, 0) is 43.2 Å². The molecule has 0 saturated carbocycles. The Morgan fingerprint density at radius 3 is 2.72 bits per heavy atom. The second kappa shape index (κ2) is 7.23. The highest BCUT2D eigenvalue weighted by Gasteiger charge is 2.19. The van der Waals surface area contributed by atoms with Gasteiger partial charge in [0.15, 0.2) is 11.5 Å². The molecule has 0 fully saturated rings. The number of rotatable bonds is 5. The van der Waals surface area contributed by atoms with E-state index in [1.165, 1.54) is 25.5 Å². The minimum Gasteiger partial charge on any atom is -0.493 e. The summed E-state index contributed by atoms with van der Waals surface area (Å²) in [5.41, 5.74) is 3.67. The molecular weight excluding hydrogens is 340 g/mol. The van der Waals surface area contributed by atoms with E-state index in [9.17, 15) is 4.79 Å². The molecule has 0 aliphatic carbocycles. The van der Waals surface area contributed by atoms with Crippen molar-refractivity contribution in [3.63, 3.8) is 0 Å². The molecule has 1 aliphatic rings. The molecule has 1 aliphatic heterocycles. The lowest BCUT2D eigenvalue weighted by Crippen LogP contribution is -2.19. The first-order valence-electron chi connectivity index (χ1n) is 8.18. The van der Waals surface area contributed by atoms with Gasteiger partial charge in [0.2, 0.25) is 0 Å². The monoisotopic (exact) mass is 360 g/mol. The van der Waals surface area contributed by atoms with Gasteiger partial charge in [0.1, 0.15) is 0 Å². The van der Waals surface area contributed by atoms with E-state index >= 15 is 0 Å². The minimum absolute atomic E-state index is 0.246. The topological polar surface area (TPSA) is 50.8 Å². The van der Waals surface area contributed by atoms with Crippen LogP contribution in [0.4, 0.5) is 11.4 Å². The van der Waals surface area contributed by atoms with Crippen LogP contribution in [-0.2, 0) is 6.42 Å². The van der Waals surface area contributed by atoms with Gasteiger partial charge in [-0.15, -0.1) is 0 Å². The standard InChI is InChI=1S/C19H21ClN2O3/c1-4-22-8-7-12-5-6-14(11-16(12)22)21-19(23)13-9-15(20)18(25-3)17(10-13)24-2/h5-6,9-11H,4,7-8H2,1-3H3,(H,21,23). The lowest BCUT2D eigenvalue weighted by atomic mass is 10.1. The number of benzene rings is 2. The van der Waals surface area contributed by atoms with E-state index in [4.69, 9.17) is 21.1 Å². The molecule has 132 valence electrons. The summed E-state index contributed by atoms with van der Waals surface area (Å²) in [4.78, 5) is 14.9. The van der Waals surface area contributed by atoms with Gasteiger partial charge >= 0.3 is 0 Å². The first-order valence-corrected chi connectivity index (χ1v) is 8.56. The van der Waals surface area contributed by atoms with Crippen molar-refractivity contribution in [2.75, 3.05) is 37.5 Å². The van der Waals surface area contributed by atoms with Crippen LogP contribution in [0.2, 0.25) is 5.02 Å². The maximum absolute atomic E-state index is 12.6. The fourth-order valence-corrected chi connectivity index (χ4v) is 3.39. The maximum Gasteiger partial charge on any atom is 0.255 e. The van der Waals surface area contributed by atoms with Crippen LogP contribution in [0.15, 0.2) is 30.3 Å². The Kier molecular flexibility index (Phi) is 5.04. The molecule has 1 amide bonds. The molecule has 2 aromatic rings. The molecule has 25 heavy (non-hydrogen) atoms. The lowest BCUT2D eigenvalue weighted by Gasteiger charge is -2.17. The van der Waals surface area contributed by atoms with Gasteiger partial charge in [-0.25, -0.2) is 0 Å². The zero-order valence-corrected chi connectivity index (χ0v) is 15.3. The van der Waals surface area contributed by atoms with Crippen molar-refractivity contribution in [1.82, 2.24) is 0 Å². The summed E-state index contributed by atoms with van der Waals surface area (Å²) in [7, 11) is 3.02. The van der Waals surface area contributed by atoms with E-state index in [0.29, 0.717) is 22.1 Å². The number of likely N-dealkylation sites (N-methyl/N-ethyl adjacent to an activating group) is 1. The summed E-state index contributed by atoms with van der Waals surface area (Å²) in [5.74, 6) is 0.590. The third kappa shape index (κ3) is 3.37. The Morgan fingerprint density at radius 2 is 2.04 bits per heavy atom. The van der Waals surface area contributed by atoms with Crippen LogP contribution in [0.3, 0.4) is 0 Å². The normalized spacial score (nSPS) is 12.7. The van der Waals surface area contributed by atoms with Crippen molar-refractivity contribution in [1.29, 1.82) is 0 Å². The number of hydrogen-bond donors (Lipinski definition) is 1. The van der Waals surface area contributed by atoms with Crippen LogP contribution in [0, 0.1) is 0 Å². The van der Waals surface area contributed by atoms with Crippen molar-refractivity contribution in [2.45, 2.75) is 13.3 Å². The van der Waals surface area contributed by atoms with Gasteiger partial charge in [-0.1, -0.05) is 17.7 Å². The van der Waals surface area contributed by atoms with E-state index < -0.39 is 0 Å². The van der Waals surface area contributed by atoms with Crippen molar-refractivity contribution < 1.29 is 14.3 Å². The average Bonchev–Trinajstić information content (AvgIpc) is 3.03. The van der Waals surface area contributed by atoms with Crippen molar-refractivity contribution in [2.24, 2.45) is 0 Å². The van der Waals surface area contributed by atoms with E-state index in [-0.39, 0.29) is 5.91 Å². The van der Waals surface area contributed by atoms with Crippen LogP contribution < -0.4 is 19.7 Å². The van der Waals surface area contributed by atoms with Crippen LogP contribution in [0.1, 0.15) is 22.8 Å². The summed E-state index contributed by atoms with van der Waals surface area (Å²) in [5, 5.41) is 3.26. The van der Waals surface area contributed by atoms with Crippen molar-refractivity contribution >= 4 is 28.9 Å². The predicted molar refractivity (Wildman–Crippen MR) is 101 cm³/mol. The smallest absolute Gasteiger partial charge is 0.255 e. The molecule has 0 bridgehead atoms. The molecule has 0 unspecified atom stereocenters. The fraction of sp³-hybridized carbons (Fsp3) is 0.316. The number of nitrogens with zero attached hydrogens (tertiary/aromatic N) is 1. The van der Waals surface area contributed by atoms with Crippen molar-refractivity contribution in [3.8, 4) is 11.5 Å². The zero-order chi connectivity index (χ0) is 18.0. The number of halogens is 1. The van der Waals surface area contributed by atoms with Gasteiger partial charge in [-0.3, -0.25) is 4.79 Å². The van der Waals surface area contributed by atoms with E-state index in [1.807, 2.05) is 12.1 Å². The minimum atomic E-state index is -0.246. The summed E-state index contributed by atoms with van der Waals surface area (Å²) in [6.45, 7) is 4.11. The zero-order valence-electron chi connectivity index (χ0n) is 14.6. The van der Waals surface area contributed by atoms with E-state index in [1.54, 1.807) is 12.1 Å². The summed E-state index contributed by atoms with van der Waals surface area (Å²) in [6, 6.07) is 9.21. The maximum atomic E-state index is 12.6. The van der Waals surface area contributed by atoms with Crippen LogP contribution in [0.5, 0.6) is 11.5 Å². The molecule has 5 nitrogen and oxygen atoms in total. The van der Waals surface area contributed by atoms with Gasteiger partial charge in [0.05, 0.1) is 19.2 Å². The second-order valence-corrected chi connectivity index (χ2v) is 6.23. The molecule has 0 saturated heterocycles. The number of amides is 1. The Labute approximate surface area is 152 Å². The summed E-state index contributed by atoms with van der Waals surface area (Å²) < 4.78 is 10.5. The molecular formula is C19H21ClN2O3. The molecule has 2 aromatic carbocycles. The molecule has 0 spiro atoms. The second-order valence-electron chi connectivity index (χ2n) is 5.82. The fourth-order valence-electron chi connectivity index (χ4n) is 3.10. The molecule has 1 N–H and O–H groups in total. The number of carbonyl (C=O) groups is 1. The molecule has 0 atom stereocenters. The Morgan fingerprint density at radius 1 is 1.24 bits per heavy atom. The van der Waals surface area contributed by atoms with Gasteiger partial charge in [0, 0.05) is 30.0 Å². The molecule has 0 radical (unpaired) electrons. The number of hydrogen-bond acceptors (Lipinski definition) is 4. The van der Waals surface area contributed by atoms with Gasteiger partial charge in [0.25, 0.3) is 5.91 Å². The van der Waals surface area contributed by atoms with E-state index in [2.05, 4.69) is 23.2 Å². The first kappa shape index (κ1) is 17.4. The summed E-state index contributed by atoms with van der Waals surface area (Å²) in [6.07, 6.45) is 1.04. The Balaban J connectivity index is 1.85. The number of methoxy groups -OCH3 is 2. The SMILES string of the molecule is CCN1CCc2ccc(NC(=O)c3cc(Cl)c(OC)c(OC)c3)cc21. The number of carbonyl (C=O) groups excluding carboxylic acids is 1. The van der Waals surface area contributed by atoms with Crippen LogP contribution >= 0.6 is 11.6 Å². The highest BCUT2D eigenvalue weighted by Crippen LogP contribution is 2.36. The largest absolute Gasteiger partial charge is 0.493 e. The highest BCUT2D eigenvalue weighted by molar-refractivity contribution is 6.32. The molecule has 0 aromatic heterocycles. The number of anilines is 2. The van der Waals surface area contributed by atoms with E-state index in [0.717, 1.165) is 25.2 Å². The van der Waals surface area contributed by atoms with Gasteiger partial charge in [-0.2, -0.15) is 0 Å². The number of ether oxygens (including phenoxy) is 2. The first-order chi connectivity index (χ1) is 12.1. The molecule has 1 heterocycles. The molecule has 3 rings (SSSR count). The highest BCUT2D eigenvalue weighted by atomic mass is 35.5. The third-order valence-electron chi connectivity index (χ3n) is 4.41. The van der Waals surface area contributed by atoms with Crippen molar-refractivity contribution in [3.05, 3.63) is 46.5 Å². The van der Waals surface area contributed by atoms with Crippen LogP contribution in [-0.4, -0.2) is 33.2 Å².